The predicted octanol–water partition coefficient (Wildman–Crippen LogP) is 3.77. The molecule has 2 aromatic carbocycles. The van der Waals surface area contributed by atoms with Crippen LogP contribution in [-0.4, -0.2) is 51.4 Å². The fraction of sp³-hybridized carbons (Fsp3) is 0.160. The molecular weight excluding hydrogens is 430 g/mol. The van der Waals surface area contributed by atoms with Crippen LogP contribution in [0.15, 0.2) is 61.2 Å². The van der Waals surface area contributed by atoms with Gasteiger partial charge in [-0.05, 0) is 69.4 Å². The monoisotopic (exact) mass is 453 g/mol. The van der Waals surface area contributed by atoms with E-state index >= 15 is 0 Å². The summed E-state index contributed by atoms with van der Waals surface area (Å²) in [5.74, 6) is 6.70. The van der Waals surface area contributed by atoms with Crippen LogP contribution in [0.4, 0.5) is 17.2 Å². The van der Waals surface area contributed by atoms with Crippen molar-refractivity contribution in [3.05, 3.63) is 66.9 Å². The Hall–Kier alpha value is -4.55. The van der Waals surface area contributed by atoms with Crippen LogP contribution in [0.1, 0.15) is 5.69 Å². The highest BCUT2D eigenvalue weighted by Crippen LogP contribution is 2.27. The Morgan fingerprint density at radius 3 is 2.53 bits per heavy atom. The molecule has 34 heavy (non-hydrogen) atoms. The van der Waals surface area contributed by atoms with E-state index in [1.807, 2.05) is 62.3 Å². The summed E-state index contributed by atoms with van der Waals surface area (Å²) in [4.78, 5) is 31.1. The third kappa shape index (κ3) is 6.03. The van der Waals surface area contributed by atoms with Crippen LogP contribution in [0.3, 0.4) is 0 Å². The minimum atomic E-state index is -0.374. The molecule has 0 radical (unpaired) electrons. The minimum Gasteiger partial charge on any atom is -0.438 e. The lowest BCUT2D eigenvalue weighted by atomic mass is 10.2. The number of rotatable bonds is 6. The van der Waals surface area contributed by atoms with Gasteiger partial charge in [-0.15, -0.1) is 0 Å². The van der Waals surface area contributed by atoms with Gasteiger partial charge in [-0.2, -0.15) is 0 Å². The maximum atomic E-state index is 12.1. The summed E-state index contributed by atoms with van der Waals surface area (Å²) in [6.45, 7) is 2.38. The van der Waals surface area contributed by atoms with Gasteiger partial charge in [-0.3, -0.25) is 14.7 Å². The number of aryl methyl sites for hydroxylation is 1. The molecule has 2 N–H and O–H groups in total. The Kier molecular flexibility index (Phi) is 6.91. The molecule has 0 unspecified atom stereocenters. The quantitative estimate of drug-likeness (QED) is 0.425. The van der Waals surface area contributed by atoms with E-state index in [4.69, 9.17) is 4.74 Å². The van der Waals surface area contributed by atoms with E-state index < -0.39 is 0 Å². The van der Waals surface area contributed by atoms with Gasteiger partial charge in [0.2, 0.25) is 5.88 Å². The van der Waals surface area contributed by atoms with Gasteiger partial charge in [0.25, 0.3) is 5.91 Å². The van der Waals surface area contributed by atoms with Gasteiger partial charge in [0.15, 0.2) is 0 Å². The lowest BCUT2D eigenvalue weighted by Gasteiger charge is -2.11. The van der Waals surface area contributed by atoms with E-state index in [1.54, 1.807) is 18.5 Å². The maximum Gasteiger partial charge on any atom is 0.300 e. The highest BCUT2D eigenvalue weighted by Gasteiger charge is 2.08. The first-order valence-electron chi connectivity index (χ1n) is 10.5. The van der Waals surface area contributed by atoms with E-state index in [1.165, 1.54) is 6.33 Å². The van der Waals surface area contributed by atoms with Crippen molar-refractivity contribution >= 4 is 34.0 Å². The summed E-state index contributed by atoms with van der Waals surface area (Å²) >= 11 is 0. The zero-order valence-corrected chi connectivity index (χ0v) is 19.0. The summed E-state index contributed by atoms with van der Waals surface area (Å²) in [7, 11) is 3.79. The van der Waals surface area contributed by atoms with Crippen LogP contribution < -0.4 is 15.4 Å². The number of hydrogen-bond acceptors (Lipinski definition) is 8. The highest BCUT2D eigenvalue weighted by molar-refractivity contribution is 6.05. The summed E-state index contributed by atoms with van der Waals surface area (Å²) in [5.41, 5.74) is 2.99. The second-order valence-corrected chi connectivity index (χ2v) is 7.70. The van der Waals surface area contributed by atoms with Gasteiger partial charge in [-0.25, -0.2) is 15.0 Å². The lowest BCUT2D eigenvalue weighted by Crippen LogP contribution is -2.13. The second-order valence-electron chi connectivity index (χ2n) is 7.70. The van der Waals surface area contributed by atoms with Crippen molar-refractivity contribution in [1.82, 2.24) is 24.8 Å². The minimum absolute atomic E-state index is 0.374. The first kappa shape index (κ1) is 22.6. The number of carbonyl (C=O) groups excluding carboxylic acids is 1. The number of nitrogens with zero attached hydrogens (tertiary/aromatic N) is 5. The van der Waals surface area contributed by atoms with Crippen molar-refractivity contribution < 1.29 is 9.53 Å². The molecule has 0 aliphatic carbocycles. The van der Waals surface area contributed by atoms with Gasteiger partial charge in [0, 0.05) is 16.8 Å². The molecule has 0 spiro atoms. The van der Waals surface area contributed by atoms with Crippen LogP contribution in [0.2, 0.25) is 0 Å². The topological polar surface area (TPSA) is 105 Å². The zero-order chi connectivity index (χ0) is 23.9. The summed E-state index contributed by atoms with van der Waals surface area (Å²) in [5, 5.41) is 6.84. The largest absolute Gasteiger partial charge is 0.438 e. The van der Waals surface area contributed by atoms with Crippen molar-refractivity contribution in [2.75, 3.05) is 31.3 Å². The predicted molar refractivity (Wildman–Crippen MR) is 131 cm³/mol. The fourth-order valence-electron chi connectivity index (χ4n) is 2.97. The van der Waals surface area contributed by atoms with Crippen molar-refractivity contribution in [3.8, 4) is 23.5 Å². The first-order chi connectivity index (χ1) is 16.5. The number of benzene rings is 2. The number of anilines is 3. The molecule has 1 amide bonds. The van der Waals surface area contributed by atoms with E-state index in [-0.39, 0.29) is 5.91 Å². The molecule has 0 aliphatic rings. The molecule has 9 nitrogen and oxygen atoms in total. The van der Waals surface area contributed by atoms with Gasteiger partial charge in [0.1, 0.15) is 17.9 Å². The van der Waals surface area contributed by atoms with Crippen molar-refractivity contribution in [3.63, 3.8) is 0 Å². The number of nitrogens with one attached hydrogen (secondary N) is 2. The Labute approximate surface area is 197 Å². The Morgan fingerprint density at radius 2 is 1.79 bits per heavy atom. The average molecular weight is 454 g/mol. The van der Waals surface area contributed by atoms with Gasteiger partial charge in [-0.1, -0.05) is 5.92 Å². The van der Waals surface area contributed by atoms with Gasteiger partial charge < -0.3 is 15.4 Å². The number of carbonyl (C=O) groups is 1. The number of amides is 1. The third-order valence-electron chi connectivity index (χ3n) is 4.59. The number of fused-ring (bicyclic) bond motifs is 1. The van der Waals surface area contributed by atoms with Crippen molar-refractivity contribution in [1.29, 1.82) is 0 Å². The molecule has 0 saturated heterocycles. The second kappa shape index (κ2) is 10.4. The number of hydrogen-bond donors (Lipinski definition) is 2. The SMILES string of the molecule is Cc1cnc(Oc2ccc(Nc3ncnc4ccc(NC(=O)C#CCN(C)C)cc34)cc2)cn1. The van der Waals surface area contributed by atoms with Crippen LogP contribution >= 0.6 is 0 Å². The number of aromatic nitrogens is 4. The Balaban J connectivity index is 1.49. The molecule has 0 atom stereocenters. The normalized spacial score (nSPS) is 10.5. The van der Waals surface area contributed by atoms with Crippen LogP contribution in [0.5, 0.6) is 11.6 Å². The molecular formula is C25H23N7O2. The smallest absolute Gasteiger partial charge is 0.300 e. The lowest BCUT2D eigenvalue weighted by molar-refractivity contribution is -0.111. The van der Waals surface area contributed by atoms with E-state index in [0.29, 0.717) is 29.7 Å². The number of ether oxygens (including phenoxy) is 1. The van der Waals surface area contributed by atoms with Crippen molar-refractivity contribution in [2.24, 2.45) is 0 Å². The molecule has 0 bridgehead atoms. The third-order valence-corrected chi connectivity index (χ3v) is 4.59. The molecule has 0 fully saturated rings. The molecule has 4 aromatic rings. The highest BCUT2D eigenvalue weighted by atomic mass is 16.5. The molecule has 2 aromatic heterocycles. The summed E-state index contributed by atoms with van der Waals surface area (Å²) in [6.07, 6.45) is 4.72. The molecule has 9 heteroatoms. The maximum absolute atomic E-state index is 12.1. The van der Waals surface area contributed by atoms with Crippen LogP contribution in [0, 0.1) is 18.8 Å². The molecule has 2 heterocycles. The van der Waals surface area contributed by atoms with E-state index in [2.05, 4.69) is 42.4 Å². The first-order valence-corrected chi connectivity index (χ1v) is 10.5. The Morgan fingerprint density at radius 1 is 1.00 bits per heavy atom. The standard InChI is InChI=1S/C25H23N7O2/c1-17-14-27-24(15-26-17)34-20-9-6-18(7-10-20)31-25-21-13-19(8-11-22(21)28-16-29-25)30-23(33)5-4-12-32(2)3/h6-11,13-16H,12H2,1-3H3,(H,30,33)(H,28,29,31). The molecule has 0 saturated carbocycles. The Bertz CT molecular complexity index is 1360. The molecule has 170 valence electrons. The van der Waals surface area contributed by atoms with E-state index in [9.17, 15) is 4.79 Å². The van der Waals surface area contributed by atoms with Crippen molar-refractivity contribution in [2.45, 2.75) is 6.92 Å². The average Bonchev–Trinajstić information content (AvgIpc) is 2.82. The van der Waals surface area contributed by atoms with Gasteiger partial charge >= 0.3 is 0 Å². The summed E-state index contributed by atoms with van der Waals surface area (Å²) in [6, 6.07) is 12.8. The fourth-order valence-corrected chi connectivity index (χ4v) is 2.97. The zero-order valence-electron chi connectivity index (χ0n) is 19.0. The molecule has 4 rings (SSSR count). The van der Waals surface area contributed by atoms with Crippen LogP contribution in [-0.2, 0) is 4.79 Å². The van der Waals surface area contributed by atoms with Gasteiger partial charge in [0.05, 0.1) is 30.1 Å². The van der Waals surface area contributed by atoms with E-state index in [0.717, 1.165) is 22.3 Å². The van der Waals surface area contributed by atoms with Crippen LogP contribution in [0.25, 0.3) is 10.9 Å². The molecule has 0 aliphatic heterocycles. The summed E-state index contributed by atoms with van der Waals surface area (Å²) < 4.78 is 5.72.